The van der Waals surface area contributed by atoms with Crippen molar-refractivity contribution in [3.63, 3.8) is 0 Å². The molecule has 1 aliphatic rings. The Balaban J connectivity index is 1.83. The molecule has 33 heavy (non-hydrogen) atoms. The van der Waals surface area contributed by atoms with Gasteiger partial charge in [0.05, 0.1) is 12.2 Å². The third-order valence-electron chi connectivity index (χ3n) is 5.38. The monoisotopic (exact) mass is 452 g/mol. The van der Waals surface area contributed by atoms with Crippen LogP contribution < -0.4 is 11.2 Å². The number of Topliss-reactive ketones (excluding diaryl/α,β-unsaturated/α-hetero) is 1. The lowest BCUT2D eigenvalue weighted by atomic mass is 9.85. The van der Waals surface area contributed by atoms with Crippen LogP contribution in [0, 0.1) is 0 Å². The number of ketones is 1. The molecule has 10 nitrogen and oxygen atoms in total. The molecule has 2 heterocycles. The SMILES string of the molecule is O=C(O[C@@H]1[C@@H](CO)O[C@@H](n2ccc(=O)[nH]c2=O)[C@@]1(O)C(=O)c1ccccc1)c1ccccc1. The van der Waals surface area contributed by atoms with Gasteiger partial charge in [0.2, 0.25) is 11.4 Å². The maximum absolute atomic E-state index is 13.5. The summed E-state index contributed by atoms with van der Waals surface area (Å²) in [6.07, 6.45) is -3.68. The maximum atomic E-state index is 13.5. The first-order chi connectivity index (χ1) is 15.9. The molecule has 0 bridgehead atoms. The Labute approximate surface area is 186 Å². The fraction of sp³-hybridized carbons (Fsp3) is 0.217. The van der Waals surface area contributed by atoms with E-state index in [4.69, 9.17) is 9.47 Å². The summed E-state index contributed by atoms with van der Waals surface area (Å²) in [5.41, 5.74) is -4.06. The van der Waals surface area contributed by atoms with Crippen molar-refractivity contribution in [1.29, 1.82) is 0 Å². The van der Waals surface area contributed by atoms with Crippen LogP contribution in [0.1, 0.15) is 26.9 Å². The number of carbonyl (C=O) groups is 2. The molecule has 2 aromatic carbocycles. The number of hydrogen-bond donors (Lipinski definition) is 3. The van der Waals surface area contributed by atoms with Crippen molar-refractivity contribution in [2.24, 2.45) is 0 Å². The largest absolute Gasteiger partial charge is 0.452 e. The van der Waals surface area contributed by atoms with Crippen molar-refractivity contribution in [3.8, 4) is 0 Å². The average Bonchev–Trinajstić information content (AvgIpc) is 3.12. The number of aromatic nitrogens is 2. The van der Waals surface area contributed by atoms with Gasteiger partial charge in [-0.2, -0.15) is 0 Å². The molecular weight excluding hydrogens is 432 g/mol. The highest BCUT2D eigenvalue weighted by atomic mass is 16.6. The fourth-order valence-electron chi connectivity index (χ4n) is 3.78. The average molecular weight is 452 g/mol. The number of aliphatic hydroxyl groups excluding tert-OH is 1. The number of H-pyrrole nitrogens is 1. The molecule has 0 amide bonds. The number of nitrogens with one attached hydrogen (secondary N) is 1. The van der Waals surface area contributed by atoms with Gasteiger partial charge < -0.3 is 19.7 Å². The fourth-order valence-corrected chi connectivity index (χ4v) is 3.78. The molecule has 0 aliphatic carbocycles. The Hall–Kier alpha value is -3.86. The second-order valence-electron chi connectivity index (χ2n) is 7.44. The lowest BCUT2D eigenvalue weighted by Crippen LogP contribution is -2.56. The zero-order valence-corrected chi connectivity index (χ0v) is 17.2. The van der Waals surface area contributed by atoms with E-state index in [9.17, 15) is 29.4 Å². The van der Waals surface area contributed by atoms with E-state index in [1.807, 2.05) is 4.98 Å². The molecule has 3 aromatic rings. The summed E-state index contributed by atoms with van der Waals surface area (Å²) in [5, 5.41) is 21.7. The van der Waals surface area contributed by atoms with Crippen molar-refractivity contribution in [2.45, 2.75) is 24.0 Å². The third-order valence-corrected chi connectivity index (χ3v) is 5.38. The highest BCUT2D eigenvalue weighted by Gasteiger charge is 2.63. The lowest BCUT2D eigenvalue weighted by Gasteiger charge is -2.32. The van der Waals surface area contributed by atoms with Gasteiger partial charge in [0.15, 0.2) is 12.3 Å². The van der Waals surface area contributed by atoms with Crippen molar-refractivity contribution in [1.82, 2.24) is 9.55 Å². The highest BCUT2D eigenvalue weighted by molar-refractivity contribution is 6.03. The van der Waals surface area contributed by atoms with Crippen LogP contribution in [-0.2, 0) is 9.47 Å². The van der Waals surface area contributed by atoms with Gasteiger partial charge in [-0.1, -0.05) is 48.5 Å². The van der Waals surface area contributed by atoms with Gasteiger partial charge in [-0.05, 0) is 12.1 Å². The molecule has 0 unspecified atom stereocenters. The smallest absolute Gasteiger partial charge is 0.338 e. The molecule has 1 aromatic heterocycles. The van der Waals surface area contributed by atoms with Gasteiger partial charge in [-0.3, -0.25) is 19.1 Å². The number of hydrogen-bond acceptors (Lipinski definition) is 8. The first-order valence-corrected chi connectivity index (χ1v) is 10.0. The first kappa shape index (κ1) is 22.3. The van der Waals surface area contributed by atoms with E-state index in [1.54, 1.807) is 36.4 Å². The summed E-state index contributed by atoms with van der Waals surface area (Å²) in [6, 6.07) is 16.6. The molecule has 4 rings (SSSR count). The second-order valence-corrected chi connectivity index (χ2v) is 7.44. The van der Waals surface area contributed by atoms with Crippen LogP contribution >= 0.6 is 0 Å². The molecule has 10 heteroatoms. The number of ether oxygens (including phenoxy) is 2. The second kappa shape index (κ2) is 8.94. The van der Waals surface area contributed by atoms with Gasteiger partial charge in [-0.15, -0.1) is 0 Å². The van der Waals surface area contributed by atoms with Crippen LogP contribution in [0.15, 0.2) is 82.5 Å². The van der Waals surface area contributed by atoms with Gasteiger partial charge in [-0.25, -0.2) is 9.59 Å². The number of nitrogens with zero attached hydrogens (tertiary/aromatic N) is 1. The molecular formula is C23H20N2O8. The van der Waals surface area contributed by atoms with E-state index in [-0.39, 0.29) is 11.1 Å². The summed E-state index contributed by atoms with van der Waals surface area (Å²) >= 11 is 0. The number of benzene rings is 2. The molecule has 1 fully saturated rings. The molecule has 4 atom stereocenters. The van der Waals surface area contributed by atoms with Gasteiger partial charge >= 0.3 is 11.7 Å². The van der Waals surface area contributed by atoms with Crippen molar-refractivity contribution in [2.75, 3.05) is 6.61 Å². The van der Waals surface area contributed by atoms with Gasteiger partial charge in [0.1, 0.15) is 6.10 Å². The number of rotatable bonds is 6. The van der Waals surface area contributed by atoms with Crippen LogP contribution in [0.4, 0.5) is 0 Å². The van der Waals surface area contributed by atoms with Crippen LogP contribution in [0.2, 0.25) is 0 Å². The zero-order chi connectivity index (χ0) is 23.6. The summed E-state index contributed by atoms with van der Waals surface area (Å²) in [4.78, 5) is 52.3. The van der Waals surface area contributed by atoms with E-state index in [2.05, 4.69) is 0 Å². The number of carbonyl (C=O) groups excluding carboxylic acids is 2. The normalized spacial score (nSPS) is 24.4. The Morgan fingerprint density at radius 1 is 1.00 bits per heavy atom. The molecule has 0 radical (unpaired) electrons. The number of aromatic amines is 1. The predicted octanol–water partition coefficient (Wildman–Crippen LogP) is 0.266. The Morgan fingerprint density at radius 3 is 2.18 bits per heavy atom. The van der Waals surface area contributed by atoms with Crippen LogP contribution in [0.3, 0.4) is 0 Å². The summed E-state index contributed by atoms with van der Waals surface area (Å²) in [6.45, 7) is -0.730. The molecule has 3 N–H and O–H groups in total. The molecule has 170 valence electrons. The van der Waals surface area contributed by atoms with Crippen LogP contribution in [0.5, 0.6) is 0 Å². The Kier molecular flexibility index (Phi) is 6.05. The highest BCUT2D eigenvalue weighted by Crippen LogP contribution is 2.42. The minimum atomic E-state index is -2.61. The molecule has 0 saturated carbocycles. The van der Waals surface area contributed by atoms with E-state index >= 15 is 0 Å². The molecule has 0 spiro atoms. The van der Waals surface area contributed by atoms with Crippen LogP contribution in [-0.4, -0.2) is 55.9 Å². The van der Waals surface area contributed by atoms with Crippen molar-refractivity contribution in [3.05, 3.63) is 105 Å². The van der Waals surface area contributed by atoms with E-state index < -0.39 is 53.6 Å². The summed E-state index contributed by atoms with van der Waals surface area (Å²) in [5.74, 6) is -1.76. The molecule has 1 saturated heterocycles. The standard InChI is InChI=1S/C23H20N2O8/c26-13-16-19(33-20(29)15-9-5-2-6-10-15)23(31,18(28)14-7-3-1-4-8-14)21(32-16)25-12-11-17(27)24-22(25)30/h1-12,16,19,21,26,31H,13H2,(H,24,27,30)/t16-,19-,21-,23-/m1/s1. The van der Waals surface area contributed by atoms with Crippen molar-refractivity contribution < 1.29 is 29.3 Å². The Bertz CT molecular complexity index is 1270. The lowest BCUT2D eigenvalue weighted by molar-refractivity contribution is -0.0876. The van der Waals surface area contributed by atoms with Gasteiger partial charge in [0.25, 0.3) is 5.56 Å². The maximum Gasteiger partial charge on any atom is 0.338 e. The first-order valence-electron chi connectivity index (χ1n) is 10.0. The predicted molar refractivity (Wildman–Crippen MR) is 114 cm³/mol. The number of aliphatic hydroxyl groups is 2. The Morgan fingerprint density at radius 2 is 1.61 bits per heavy atom. The summed E-state index contributed by atoms with van der Waals surface area (Å²) < 4.78 is 12.0. The number of esters is 1. The van der Waals surface area contributed by atoms with Gasteiger partial charge in [0, 0.05) is 17.8 Å². The van der Waals surface area contributed by atoms with E-state index in [0.717, 1.165) is 16.8 Å². The quantitative estimate of drug-likeness (QED) is 0.357. The van der Waals surface area contributed by atoms with Crippen LogP contribution in [0.25, 0.3) is 0 Å². The minimum absolute atomic E-state index is 0.0606. The van der Waals surface area contributed by atoms with Crippen molar-refractivity contribution >= 4 is 11.8 Å². The summed E-state index contributed by atoms with van der Waals surface area (Å²) in [7, 11) is 0. The van der Waals surface area contributed by atoms with E-state index in [0.29, 0.717) is 0 Å². The van der Waals surface area contributed by atoms with E-state index in [1.165, 1.54) is 24.3 Å². The molecule has 1 aliphatic heterocycles. The minimum Gasteiger partial charge on any atom is -0.452 e. The zero-order valence-electron chi connectivity index (χ0n) is 17.2. The topological polar surface area (TPSA) is 148 Å². The third kappa shape index (κ3) is 4.02.